The van der Waals surface area contributed by atoms with Gasteiger partial charge in [0.15, 0.2) is 11.6 Å². The molecule has 0 spiro atoms. The minimum absolute atomic E-state index is 0.230. The lowest BCUT2D eigenvalue weighted by Crippen LogP contribution is -2.17. The molecule has 8 heteroatoms. The van der Waals surface area contributed by atoms with Crippen LogP contribution in [0.3, 0.4) is 0 Å². The quantitative estimate of drug-likeness (QED) is 0.558. The van der Waals surface area contributed by atoms with E-state index in [4.69, 9.17) is 21.1 Å². The fourth-order valence-electron chi connectivity index (χ4n) is 3.36. The topological polar surface area (TPSA) is 61.5 Å². The molecule has 6 nitrogen and oxygen atoms in total. The van der Waals surface area contributed by atoms with Gasteiger partial charge in [0.2, 0.25) is 6.29 Å². The van der Waals surface area contributed by atoms with Crippen LogP contribution in [0.1, 0.15) is 42.9 Å². The Balaban J connectivity index is 1.92. The zero-order chi connectivity index (χ0) is 20.4. The fraction of sp³-hybridized carbons (Fsp3) is 0.286. The first-order valence-electron chi connectivity index (χ1n) is 9.41. The summed E-state index contributed by atoms with van der Waals surface area (Å²) in [7, 11) is 0. The van der Waals surface area contributed by atoms with E-state index in [9.17, 15) is 4.39 Å². The average Bonchev–Trinajstić information content (AvgIpc) is 3.06. The molecule has 0 radical (unpaired) electrons. The van der Waals surface area contributed by atoms with E-state index in [1.165, 1.54) is 6.07 Å². The second-order valence-electron chi connectivity index (χ2n) is 6.36. The number of hydrogen-bond acceptors (Lipinski definition) is 5. The van der Waals surface area contributed by atoms with Crippen LogP contribution in [0.5, 0.6) is 0 Å². The van der Waals surface area contributed by atoms with Gasteiger partial charge in [-0.1, -0.05) is 23.7 Å². The van der Waals surface area contributed by atoms with E-state index in [0.717, 1.165) is 5.69 Å². The van der Waals surface area contributed by atoms with Crippen LogP contribution >= 0.6 is 11.6 Å². The molecule has 0 bridgehead atoms. The minimum Gasteiger partial charge on any atom is -0.346 e. The van der Waals surface area contributed by atoms with Gasteiger partial charge < -0.3 is 9.47 Å². The first-order chi connectivity index (χ1) is 14.1. The summed E-state index contributed by atoms with van der Waals surface area (Å²) in [4.78, 5) is 4.66. The maximum Gasteiger partial charge on any atom is 0.219 e. The third kappa shape index (κ3) is 3.69. The summed E-state index contributed by atoms with van der Waals surface area (Å²) < 4.78 is 27.9. The van der Waals surface area contributed by atoms with Crippen molar-refractivity contribution in [3.05, 3.63) is 76.1 Å². The van der Waals surface area contributed by atoms with Gasteiger partial charge in [-0.25, -0.2) is 4.39 Å². The van der Waals surface area contributed by atoms with Gasteiger partial charge in [-0.3, -0.25) is 9.56 Å². The summed E-state index contributed by atoms with van der Waals surface area (Å²) in [5.74, 6) is 0.771. The van der Waals surface area contributed by atoms with Crippen LogP contribution in [0.4, 0.5) is 4.39 Å². The minimum atomic E-state index is -0.676. The molecule has 1 aliphatic heterocycles. The number of fused-ring (bicyclic) bond motifs is 3. The van der Waals surface area contributed by atoms with Gasteiger partial charge in [-0.05, 0) is 44.2 Å². The maximum atomic E-state index is 14.6. The van der Waals surface area contributed by atoms with E-state index in [2.05, 4.69) is 15.2 Å². The average molecular weight is 415 g/mol. The highest BCUT2D eigenvalue weighted by Gasteiger charge is 2.28. The molecule has 3 aromatic rings. The molecule has 2 heterocycles. The standard InChI is InChI=1S/C21H20ClFN4O2/c1-3-28-21(29-4-2)20-26-25-18-12-24-19(14-7-5-6-8-16(14)23)15-11-13(22)9-10-17(15)27(18)20/h5-11,21H,3-4,12H2,1-2H3. The van der Waals surface area contributed by atoms with Crippen molar-refractivity contribution in [2.75, 3.05) is 13.2 Å². The maximum absolute atomic E-state index is 14.6. The van der Waals surface area contributed by atoms with Gasteiger partial charge in [0.25, 0.3) is 0 Å². The van der Waals surface area contributed by atoms with E-state index in [1.54, 1.807) is 30.3 Å². The third-order valence-electron chi connectivity index (χ3n) is 4.56. The summed E-state index contributed by atoms with van der Waals surface area (Å²) in [6.45, 7) is 4.92. The Kier molecular flexibility index (Phi) is 5.71. The van der Waals surface area contributed by atoms with Crippen LogP contribution in [0.15, 0.2) is 47.5 Å². The highest BCUT2D eigenvalue weighted by Crippen LogP contribution is 2.31. The molecule has 29 heavy (non-hydrogen) atoms. The third-order valence-corrected chi connectivity index (χ3v) is 4.80. The molecular formula is C21H20ClFN4O2. The first-order valence-corrected chi connectivity index (χ1v) is 9.78. The largest absolute Gasteiger partial charge is 0.346 e. The van der Waals surface area contributed by atoms with Gasteiger partial charge in [0, 0.05) is 29.4 Å². The summed E-state index contributed by atoms with van der Waals surface area (Å²) in [6.07, 6.45) is -0.676. The Morgan fingerprint density at radius 2 is 1.83 bits per heavy atom. The van der Waals surface area contributed by atoms with Crippen LogP contribution < -0.4 is 0 Å². The molecule has 0 atom stereocenters. The van der Waals surface area contributed by atoms with Gasteiger partial charge in [0.05, 0.1) is 11.4 Å². The predicted octanol–water partition coefficient (Wildman–Crippen LogP) is 4.48. The second kappa shape index (κ2) is 8.41. The Morgan fingerprint density at radius 1 is 1.07 bits per heavy atom. The number of rotatable bonds is 6. The summed E-state index contributed by atoms with van der Waals surface area (Å²) in [5.41, 5.74) is 2.35. The molecule has 0 amide bonds. The molecule has 0 fully saturated rings. The lowest BCUT2D eigenvalue weighted by Gasteiger charge is -2.19. The number of aromatic nitrogens is 3. The Labute approximate surface area is 173 Å². The lowest BCUT2D eigenvalue weighted by atomic mass is 10.00. The SMILES string of the molecule is CCOC(OCC)c1nnc2n1-c1ccc(Cl)cc1C(c1ccccc1F)=NC2. The smallest absolute Gasteiger partial charge is 0.219 e. The van der Waals surface area contributed by atoms with Gasteiger partial charge >= 0.3 is 0 Å². The lowest BCUT2D eigenvalue weighted by molar-refractivity contribution is -0.146. The van der Waals surface area contributed by atoms with Crippen molar-refractivity contribution in [3.8, 4) is 5.69 Å². The molecule has 0 N–H and O–H groups in total. The number of halogens is 2. The number of hydrogen-bond donors (Lipinski definition) is 0. The Hall–Kier alpha value is -2.61. The van der Waals surface area contributed by atoms with Crippen LogP contribution in [-0.4, -0.2) is 33.7 Å². The molecule has 150 valence electrons. The van der Waals surface area contributed by atoms with E-state index in [0.29, 0.717) is 46.7 Å². The summed E-state index contributed by atoms with van der Waals surface area (Å²) in [5, 5.41) is 9.12. The van der Waals surface area contributed by atoms with Crippen molar-refractivity contribution in [1.82, 2.24) is 14.8 Å². The molecule has 0 unspecified atom stereocenters. The molecular weight excluding hydrogens is 395 g/mol. The van der Waals surface area contributed by atoms with Crippen molar-refractivity contribution in [2.24, 2.45) is 4.99 Å². The Bertz CT molecular complexity index is 1060. The van der Waals surface area contributed by atoms with Crippen molar-refractivity contribution >= 4 is 17.3 Å². The van der Waals surface area contributed by atoms with E-state index < -0.39 is 6.29 Å². The second-order valence-corrected chi connectivity index (χ2v) is 6.80. The van der Waals surface area contributed by atoms with Crippen molar-refractivity contribution in [2.45, 2.75) is 26.7 Å². The zero-order valence-electron chi connectivity index (χ0n) is 16.1. The molecule has 4 rings (SSSR count). The van der Waals surface area contributed by atoms with Crippen LogP contribution in [0, 0.1) is 5.82 Å². The number of benzene rings is 2. The highest BCUT2D eigenvalue weighted by atomic mass is 35.5. The molecule has 0 saturated heterocycles. The fourth-order valence-corrected chi connectivity index (χ4v) is 3.53. The van der Waals surface area contributed by atoms with Crippen molar-refractivity contribution in [1.29, 1.82) is 0 Å². The monoisotopic (exact) mass is 414 g/mol. The zero-order valence-corrected chi connectivity index (χ0v) is 16.9. The first kappa shape index (κ1) is 19.7. The van der Waals surface area contributed by atoms with E-state index >= 15 is 0 Å². The summed E-state index contributed by atoms with van der Waals surface area (Å²) >= 11 is 6.29. The summed E-state index contributed by atoms with van der Waals surface area (Å²) in [6, 6.07) is 11.9. The van der Waals surface area contributed by atoms with Gasteiger partial charge in [-0.15, -0.1) is 10.2 Å². The van der Waals surface area contributed by atoms with Gasteiger partial charge in [0.1, 0.15) is 12.4 Å². The van der Waals surface area contributed by atoms with Crippen LogP contribution in [-0.2, 0) is 16.0 Å². The molecule has 2 aromatic carbocycles. The number of nitrogens with zero attached hydrogens (tertiary/aromatic N) is 4. The van der Waals surface area contributed by atoms with Crippen LogP contribution in [0.2, 0.25) is 5.02 Å². The molecule has 1 aliphatic rings. The van der Waals surface area contributed by atoms with E-state index in [-0.39, 0.29) is 12.4 Å². The number of aliphatic imine (C=N–C) groups is 1. The molecule has 1 aromatic heterocycles. The van der Waals surface area contributed by atoms with Crippen LogP contribution in [0.25, 0.3) is 5.69 Å². The molecule has 0 aliphatic carbocycles. The van der Waals surface area contributed by atoms with Gasteiger partial charge in [-0.2, -0.15) is 0 Å². The highest BCUT2D eigenvalue weighted by molar-refractivity contribution is 6.31. The number of ether oxygens (including phenoxy) is 2. The van der Waals surface area contributed by atoms with E-state index in [1.807, 2.05) is 24.5 Å². The van der Waals surface area contributed by atoms with Crippen molar-refractivity contribution in [3.63, 3.8) is 0 Å². The van der Waals surface area contributed by atoms with Crippen molar-refractivity contribution < 1.29 is 13.9 Å². The molecule has 0 saturated carbocycles. The Morgan fingerprint density at radius 3 is 2.55 bits per heavy atom. The predicted molar refractivity (Wildman–Crippen MR) is 108 cm³/mol. The normalized spacial score (nSPS) is 13.1.